The van der Waals surface area contributed by atoms with E-state index in [1.165, 1.54) is 5.56 Å². The minimum absolute atomic E-state index is 0.0795. The first-order valence-electron chi connectivity index (χ1n) is 4.92. The Balaban J connectivity index is 2.45. The molecule has 0 spiro atoms. The molecule has 14 heavy (non-hydrogen) atoms. The maximum atomic E-state index is 4.42. The van der Waals surface area contributed by atoms with Crippen LogP contribution in [0.2, 0.25) is 0 Å². The summed E-state index contributed by atoms with van der Waals surface area (Å²) in [5, 5.41) is 0. The summed E-state index contributed by atoms with van der Waals surface area (Å²) in [6, 6.07) is 8.31. The molecule has 1 unspecified atom stereocenters. The largest absolute Gasteiger partial charge is 0.260 e. The van der Waals surface area contributed by atoms with Crippen LogP contribution in [-0.4, -0.2) is 6.21 Å². The maximum Gasteiger partial charge on any atom is 0.0664 e. The third-order valence-corrected chi connectivity index (χ3v) is 2.96. The monoisotopic (exact) mass is 185 g/mol. The van der Waals surface area contributed by atoms with E-state index < -0.39 is 0 Å². The lowest BCUT2D eigenvalue weighted by molar-refractivity contribution is 0.455. The van der Waals surface area contributed by atoms with E-state index in [1.54, 1.807) is 0 Å². The fraction of sp³-hybridized carbons (Fsp3) is 0.308. The molecule has 1 aliphatic rings. The number of fused-ring (bicyclic) bond motifs is 1. The highest BCUT2D eigenvalue weighted by molar-refractivity contribution is 5.81. The average Bonchev–Trinajstić information content (AvgIpc) is 2.61. The van der Waals surface area contributed by atoms with Gasteiger partial charge in [-0.05, 0) is 17.0 Å². The highest BCUT2D eigenvalue weighted by Gasteiger charge is 2.30. The first kappa shape index (κ1) is 9.20. The van der Waals surface area contributed by atoms with E-state index in [2.05, 4.69) is 43.6 Å². The molecule has 1 atom stereocenters. The van der Waals surface area contributed by atoms with Gasteiger partial charge in [-0.1, -0.05) is 38.1 Å². The van der Waals surface area contributed by atoms with Crippen LogP contribution < -0.4 is 0 Å². The molecule has 1 heteroatoms. The van der Waals surface area contributed by atoms with Crippen LogP contribution in [0.5, 0.6) is 0 Å². The molecule has 0 aromatic heterocycles. The third-order valence-electron chi connectivity index (χ3n) is 2.96. The molecule has 0 saturated heterocycles. The molecule has 1 aromatic carbocycles. The molecule has 2 rings (SSSR count). The zero-order chi connectivity index (χ0) is 10.2. The van der Waals surface area contributed by atoms with E-state index in [0.717, 1.165) is 5.69 Å². The number of nitrogens with zero attached hydrogens (tertiary/aromatic N) is 1. The van der Waals surface area contributed by atoms with Crippen LogP contribution in [0.4, 0.5) is 5.69 Å². The molecule has 0 aliphatic carbocycles. The molecule has 0 bridgehead atoms. The van der Waals surface area contributed by atoms with Crippen molar-refractivity contribution in [3.8, 4) is 0 Å². The summed E-state index contributed by atoms with van der Waals surface area (Å²) >= 11 is 0. The molecule has 0 amide bonds. The Bertz CT molecular complexity index is 388. The van der Waals surface area contributed by atoms with Crippen LogP contribution in [0.25, 0.3) is 0 Å². The number of benzene rings is 1. The Morgan fingerprint density at radius 2 is 2.07 bits per heavy atom. The topological polar surface area (TPSA) is 12.4 Å². The molecule has 0 saturated carbocycles. The Kier molecular flexibility index (Phi) is 2.03. The number of allylic oxidation sites excluding steroid dienone is 1. The van der Waals surface area contributed by atoms with E-state index in [4.69, 9.17) is 0 Å². The van der Waals surface area contributed by atoms with Crippen LogP contribution in [-0.2, 0) is 0 Å². The fourth-order valence-corrected chi connectivity index (χ4v) is 1.82. The van der Waals surface area contributed by atoms with Crippen LogP contribution in [0.1, 0.15) is 25.3 Å². The van der Waals surface area contributed by atoms with Gasteiger partial charge in [0.2, 0.25) is 0 Å². The summed E-state index contributed by atoms with van der Waals surface area (Å²) in [7, 11) is 0. The second kappa shape index (κ2) is 3.09. The van der Waals surface area contributed by atoms with E-state index in [1.807, 2.05) is 18.4 Å². The molecule has 72 valence electrons. The van der Waals surface area contributed by atoms with E-state index in [9.17, 15) is 0 Å². The lowest BCUT2D eigenvalue weighted by atomic mass is 9.76. The minimum atomic E-state index is 0.0795. The molecule has 1 nitrogen and oxygen atoms in total. The van der Waals surface area contributed by atoms with Gasteiger partial charge in [0.15, 0.2) is 0 Å². The summed E-state index contributed by atoms with van der Waals surface area (Å²) in [5.41, 5.74) is 2.50. The first-order valence-corrected chi connectivity index (χ1v) is 4.92. The minimum Gasteiger partial charge on any atom is -0.260 e. The number of hydrogen-bond donors (Lipinski definition) is 0. The van der Waals surface area contributed by atoms with Crippen LogP contribution in [0, 0.1) is 5.41 Å². The number of aliphatic imine (C=N–C) groups is 1. The average molecular weight is 185 g/mol. The van der Waals surface area contributed by atoms with Gasteiger partial charge in [-0.25, -0.2) is 0 Å². The molecule has 1 heterocycles. The number of hydrogen-bond acceptors (Lipinski definition) is 1. The van der Waals surface area contributed by atoms with Crippen molar-refractivity contribution in [2.24, 2.45) is 10.4 Å². The van der Waals surface area contributed by atoms with Gasteiger partial charge < -0.3 is 0 Å². The lowest BCUT2D eigenvalue weighted by Crippen LogP contribution is -2.18. The first-order chi connectivity index (χ1) is 6.65. The number of para-hydroxylation sites is 1. The lowest BCUT2D eigenvalue weighted by Gasteiger charge is -2.26. The zero-order valence-corrected chi connectivity index (χ0v) is 8.70. The van der Waals surface area contributed by atoms with Crippen molar-refractivity contribution in [3.05, 3.63) is 42.5 Å². The SMILES string of the molecule is C=CC(C)(C)C1C=Nc2ccccc21. The fourth-order valence-electron chi connectivity index (χ4n) is 1.82. The molecule has 1 aliphatic heterocycles. The summed E-state index contributed by atoms with van der Waals surface area (Å²) in [5.74, 6) is 0.371. The molecular weight excluding hydrogens is 170 g/mol. The normalized spacial score (nSPS) is 19.4. The van der Waals surface area contributed by atoms with Crippen LogP contribution in [0.15, 0.2) is 41.9 Å². The highest BCUT2D eigenvalue weighted by Crippen LogP contribution is 2.42. The van der Waals surface area contributed by atoms with Gasteiger partial charge in [-0.3, -0.25) is 4.99 Å². The second-order valence-corrected chi connectivity index (χ2v) is 4.34. The molecule has 0 radical (unpaired) electrons. The predicted molar refractivity (Wildman–Crippen MR) is 61.3 cm³/mol. The van der Waals surface area contributed by atoms with Crippen molar-refractivity contribution in [1.29, 1.82) is 0 Å². The van der Waals surface area contributed by atoms with Gasteiger partial charge in [-0.2, -0.15) is 0 Å². The van der Waals surface area contributed by atoms with Crippen molar-refractivity contribution in [3.63, 3.8) is 0 Å². The van der Waals surface area contributed by atoms with Crippen molar-refractivity contribution in [2.45, 2.75) is 19.8 Å². The Hall–Kier alpha value is -1.37. The van der Waals surface area contributed by atoms with E-state index in [-0.39, 0.29) is 5.41 Å². The quantitative estimate of drug-likeness (QED) is 0.623. The van der Waals surface area contributed by atoms with Gasteiger partial charge in [0.1, 0.15) is 0 Å². The van der Waals surface area contributed by atoms with Gasteiger partial charge in [0.25, 0.3) is 0 Å². The van der Waals surface area contributed by atoms with Gasteiger partial charge >= 0.3 is 0 Å². The van der Waals surface area contributed by atoms with Crippen molar-refractivity contribution in [2.75, 3.05) is 0 Å². The summed E-state index contributed by atoms with van der Waals surface area (Å²) in [6.07, 6.45) is 4.04. The number of rotatable bonds is 2. The Morgan fingerprint density at radius 3 is 2.79 bits per heavy atom. The molecule has 0 fully saturated rings. The van der Waals surface area contributed by atoms with Gasteiger partial charge in [0, 0.05) is 12.1 Å². The van der Waals surface area contributed by atoms with Crippen molar-refractivity contribution >= 4 is 11.9 Å². The second-order valence-electron chi connectivity index (χ2n) is 4.34. The van der Waals surface area contributed by atoms with Crippen LogP contribution >= 0.6 is 0 Å². The Morgan fingerprint density at radius 1 is 1.36 bits per heavy atom. The maximum absolute atomic E-state index is 4.42. The van der Waals surface area contributed by atoms with Crippen molar-refractivity contribution in [1.82, 2.24) is 0 Å². The zero-order valence-electron chi connectivity index (χ0n) is 8.70. The van der Waals surface area contributed by atoms with Gasteiger partial charge in [-0.15, -0.1) is 6.58 Å². The van der Waals surface area contributed by atoms with Crippen molar-refractivity contribution < 1.29 is 0 Å². The Labute approximate surface area is 85.2 Å². The van der Waals surface area contributed by atoms with Crippen LogP contribution in [0.3, 0.4) is 0 Å². The predicted octanol–water partition coefficient (Wildman–Crippen LogP) is 3.70. The highest BCUT2D eigenvalue weighted by atomic mass is 14.8. The molecule has 0 N–H and O–H groups in total. The summed E-state index contributed by atoms with van der Waals surface area (Å²) < 4.78 is 0. The smallest absolute Gasteiger partial charge is 0.0664 e. The summed E-state index contributed by atoms with van der Waals surface area (Å²) in [4.78, 5) is 4.42. The molecule has 1 aromatic rings. The van der Waals surface area contributed by atoms with Gasteiger partial charge in [0.05, 0.1) is 5.69 Å². The third kappa shape index (κ3) is 1.29. The van der Waals surface area contributed by atoms with E-state index in [0.29, 0.717) is 5.92 Å². The van der Waals surface area contributed by atoms with E-state index >= 15 is 0 Å². The summed E-state index contributed by atoms with van der Waals surface area (Å²) in [6.45, 7) is 8.27. The standard InChI is InChI=1S/C13H15N/c1-4-13(2,3)11-9-14-12-8-6-5-7-10(11)12/h4-9,11H,1H2,2-3H3. The molecular formula is C13H15N.